The highest BCUT2D eigenvalue weighted by molar-refractivity contribution is 9.11. The Bertz CT molecular complexity index is 3850. The van der Waals surface area contributed by atoms with Gasteiger partial charge in [-0.1, -0.05) is 68.8 Å². The van der Waals surface area contributed by atoms with Gasteiger partial charge < -0.3 is 62.1 Å². The molecule has 8 heterocycles. The summed E-state index contributed by atoms with van der Waals surface area (Å²) in [6, 6.07) is 17.6. The fourth-order valence-corrected chi connectivity index (χ4v) is 15.2. The van der Waals surface area contributed by atoms with Gasteiger partial charge in [-0.15, -0.1) is 22.7 Å². The molecule has 2 saturated carbocycles. The summed E-state index contributed by atoms with van der Waals surface area (Å²) < 4.78 is 72.0. The molecular formula is C63H64BrCl4N5O14S2. The van der Waals surface area contributed by atoms with E-state index in [9.17, 15) is 9.59 Å². The number of nitrogens with zero attached hydrogens (tertiary/aromatic N) is 4. The van der Waals surface area contributed by atoms with E-state index in [1.165, 1.54) is 25.6 Å². The summed E-state index contributed by atoms with van der Waals surface area (Å²) in [4.78, 5) is 33.1. The lowest BCUT2D eigenvalue weighted by atomic mass is 9.98. The second kappa shape index (κ2) is 27.7. The fraction of sp³-hybridized carbons (Fsp3) is 0.460. The van der Waals surface area contributed by atoms with Crippen LogP contribution in [0.5, 0.6) is 11.5 Å². The number of methoxy groups -OCH3 is 2. The zero-order chi connectivity index (χ0) is 62.4. The highest BCUT2D eigenvalue weighted by atomic mass is 79.9. The van der Waals surface area contributed by atoms with Gasteiger partial charge in [0.15, 0.2) is 3.92 Å². The van der Waals surface area contributed by atoms with Crippen LogP contribution in [-0.2, 0) is 57.5 Å². The topological polar surface area (TPSA) is 230 Å². The van der Waals surface area contributed by atoms with Crippen LogP contribution in [0.25, 0.3) is 42.9 Å². The number of benzene rings is 4. The average Bonchev–Trinajstić information content (AvgIpc) is 1.92. The van der Waals surface area contributed by atoms with Gasteiger partial charge in [0.1, 0.15) is 76.0 Å². The highest BCUT2D eigenvalue weighted by Crippen LogP contribution is 2.49. The maximum atomic E-state index is 12.3. The number of aromatic nitrogens is 4. The lowest BCUT2D eigenvalue weighted by molar-refractivity contribution is -0.0402. The molecule has 0 bridgehead atoms. The SMILES string of the molecule is COC(=O)c1cc(OC(C)C)c2nc(Br)sc2c1.COC(=O)c1cc(OC(C)C)c2nc(C[C@@H]3CO[C@H]4[C@@H]3OC[C@H]4OCc3c(-c4c(Cl)cccc4Cl)noc3C3CC3)sc2c1.N[C@@H]1CO[C@H]2[C@@H]1OC[C@H]2OCc1c(-c2c(Cl)cccc2Cl)noc1C1CC1. The van der Waals surface area contributed by atoms with Crippen LogP contribution in [0.2, 0.25) is 20.1 Å². The quantitative estimate of drug-likeness (QED) is 0.0787. The summed E-state index contributed by atoms with van der Waals surface area (Å²) in [5, 5.41) is 11.7. The molecular weight excluding hydrogens is 1340 g/mol. The third-order valence-electron chi connectivity index (χ3n) is 15.9. The van der Waals surface area contributed by atoms with Crippen molar-refractivity contribution in [2.45, 2.75) is 140 Å². The first-order valence-corrected chi connectivity index (χ1v) is 33.2. The predicted octanol–water partition coefficient (Wildman–Crippen LogP) is 14.4. The lowest BCUT2D eigenvalue weighted by Gasteiger charge is -2.17. The van der Waals surface area contributed by atoms with Crippen LogP contribution >= 0.6 is 85.0 Å². The summed E-state index contributed by atoms with van der Waals surface area (Å²) in [5.41, 5.74) is 12.8. The molecule has 0 unspecified atom stereocenters. The normalized spacial score (nSPS) is 22.7. The molecule has 0 amide bonds. The van der Waals surface area contributed by atoms with Crippen molar-refractivity contribution in [3.63, 3.8) is 0 Å². The molecule has 8 atom stereocenters. The van der Waals surface area contributed by atoms with Crippen LogP contribution in [0.1, 0.15) is 114 Å². The fourth-order valence-electron chi connectivity index (χ4n) is 11.5. The Labute approximate surface area is 549 Å². The van der Waals surface area contributed by atoms with Crippen molar-refractivity contribution in [2.24, 2.45) is 11.7 Å². The number of thiazole rings is 2. The van der Waals surface area contributed by atoms with Crippen molar-refractivity contribution < 1.29 is 66.0 Å². The van der Waals surface area contributed by atoms with Crippen LogP contribution < -0.4 is 15.2 Å². The molecule has 8 aromatic rings. The molecule has 4 aromatic heterocycles. The Kier molecular flexibility index (Phi) is 19.9. The molecule has 89 heavy (non-hydrogen) atoms. The van der Waals surface area contributed by atoms with Gasteiger partial charge in [-0.3, -0.25) is 0 Å². The van der Waals surface area contributed by atoms with E-state index < -0.39 is 5.97 Å². The minimum absolute atomic E-state index is 0.0153. The van der Waals surface area contributed by atoms with Gasteiger partial charge in [0.2, 0.25) is 0 Å². The van der Waals surface area contributed by atoms with Crippen LogP contribution in [0.15, 0.2) is 73.6 Å². The number of carbonyl (C=O) groups is 2. The molecule has 4 aliphatic heterocycles. The minimum atomic E-state index is -0.412. The van der Waals surface area contributed by atoms with Gasteiger partial charge in [-0.25, -0.2) is 19.6 Å². The number of esters is 2. The Morgan fingerprint density at radius 1 is 0.618 bits per heavy atom. The van der Waals surface area contributed by atoms with E-state index in [0.717, 1.165) is 77.7 Å². The summed E-state index contributed by atoms with van der Waals surface area (Å²) >= 11 is 32.2. The van der Waals surface area contributed by atoms with Crippen molar-refractivity contribution >= 4 is 117 Å². The first-order chi connectivity index (χ1) is 42.9. The third-order valence-corrected chi connectivity index (χ3v) is 19.7. The zero-order valence-corrected chi connectivity index (χ0v) is 55.5. The molecule has 0 spiro atoms. The number of hydrogen-bond donors (Lipinski definition) is 1. The number of rotatable bonds is 18. The van der Waals surface area contributed by atoms with E-state index in [1.807, 2.05) is 45.9 Å². The number of ether oxygens (including phenoxy) is 10. The molecule has 2 N–H and O–H groups in total. The maximum Gasteiger partial charge on any atom is 0.338 e. The van der Waals surface area contributed by atoms with E-state index in [4.69, 9.17) is 114 Å². The Morgan fingerprint density at radius 3 is 1.55 bits per heavy atom. The summed E-state index contributed by atoms with van der Waals surface area (Å²) in [6.45, 7) is 10.3. The second-order valence-corrected chi connectivity index (χ2v) is 28.1. The van der Waals surface area contributed by atoms with Crippen LogP contribution in [0, 0.1) is 5.92 Å². The van der Waals surface area contributed by atoms with Gasteiger partial charge in [0.25, 0.3) is 0 Å². The molecule has 0 radical (unpaired) electrons. The Balaban J connectivity index is 0.000000145. The Morgan fingerprint density at radius 2 is 1.07 bits per heavy atom. The number of carbonyl (C=O) groups excluding carboxylic acids is 2. The molecule has 6 fully saturated rings. The van der Waals surface area contributed by atoms with E-state index in [2.05, 4.69) is 31.2 Å². The van der Waals surface area contributed by atoms with Gasteiger partial charge in [0, 0.05) is 46.4 Å². The summed E-state index contributed by atoms with van der Waals surface area (Å²) in [5.74, 6) is 2.91. The van der Waals surface area contributed by atoms with E-state index in [-0.39, 0.29) is 73.4 Å². The molecule has 2 aliphatic carbocycles. The summed E-state index contributed by atoms with van der Waals surface area (Å²) in [6.07, 6.45) is 3.96. The van der Waals surface area contributed by atoms with Crippen LogP contribution in [0.4, 0.5) is 0 Å². The van der Waals surface area contributed by atoms with Gasteiger partial charge >= 0.3 is 11.9 Å². The van der Waals surface area contributed by atoms with Crippen LogP contribution in [-0.4, -0.2) is 128 Å². The van der Waals surface area contributed by atoms with E-state index in [0.29, 0.717) is 117 Å². The van der Waals surface area contributed by atoms with Crippen LogP contribution in [0.3, 0.4) is 0 Å². The summed E-state index contributed by atoms with van der Waals surface area (Å²) in [7, 11) is 2.73. The number of hydrogen-bond acceptors (Lipinski definition) is 21. The highest BCUT2D eigenvalue weighted by Gasteiger charge is 2.50. The third kappa shape index (κ3) is 14.0. The molecule has 4 saturated heterocycles. The molecule has 26 heteroatoms. The smallest absolute Gasteiger partial charge is 0.338 e. The molecule has 472 valence electrons. The standard InChI is InChI=1S/C32H32Cl2N2O7S.C19H20Cl2N2O4.C12H12BrNO3S/c1-15(2)42-22-9-17(32(37)38-3)10-24-28(22)35-25(44-24)11-18-12-40-31-23(14-41-30(18)31)39-13-19-27(36-43-29(19)16-7-8-16)26-20(33)5-4-6-21(26)34;20-11-2-1-3-12(21)15(11)16-10(17(27-23-16)9-4-5-9)6-24-14-8-26-18-13(22)7-25-19(14)18;1-6(2)17-8-4-7(11(15)16-3)5-9-10(8)14-12(13)18-9/h4-6,9-10,15-16,18,23,30-31H,7-8,11-14H2,1-3H3;1-3,9,13-14,18-19H,4-8,22H2;4-6H,1-3H3/t18-,23-,30-,31-;13-,14-,18-,19-;/m11./s1. The average molecular weight is 1400 g/mol. The lowest BCUT2D eigenvalue weighted by Crippen LogP contribution is -2.37. The molecule has 19 nitrogen and oxygen atoms in total. The molecule has 4 aromatic carbocycles. The van der Waals surface area contributed by atoms with Crippen molar-refractivity contribution in [3.8, 4) is 34.0 Å². The van der Waals surface area contributed by atoms with Gasteiger partial charge in [-0.05, 0) is 118 Å². The molecule has 14 rings (SSSR count). The number of fused-ring (bicyclic) bond motifs is 4. The minimum Gasteiger partial charge on any atom is -0.489 e. The van der Waals surface area contributed by atoms with Crippen molar-refractivity contribution in [2.75, 3.05) is 40.6 Å². The predicted molar refractivity (Wildman–Crippen MR) is 340 cm³/mol. The second-order valence-electron chi connectivity index (χ2n) is 23.0. The number of nitrogens with two attached hydrogens (primary N) is 1. The Hall–Kier alpha value is -5.02. The number of halogens is 5. The maximum absolute atomic E-state index is 12.3. The zero-order valence-electron chi connectivity index (χ0n) is 49.3. The largest absolute Gasteiger partial charge is 0.489 e. The monoisotopic (exact) mass is 1400 g/mol. The van der Waals surface area contributed by atoms with Crippen molar-refractivity contribution in [3.05, 3.63) is 123 Å². The van der Waals surface area contributed by atoms with Crippen molar-refractivity contribution in [1.29, 1.82) is 0 Å². The molecule has 6 aliphatic rings. The first kappa shape index (κ1) is 64.1. The van der Waals surface area contributed by atoms with E-state index >= 15 is 0 Å². The first-order valence-electron chi connectivity index (χ1n) is 29.3. The van der Waals surface area contributed by atoms with E-state index in [1.54, 1.807) is 53.8 Å². The van der Waals surface area contributed by atoms with Gasteiger partial charge in [-0.2, -0.15) is 0 Å². The van der Waals surface area contributed by atoms with Crippen molar-refractivity contribution in [1.82, 2.24) is 20.3 Å². The van der Waals surface area contributed by atoms with Gasteiger partial charge in [0.05, 0.1) is 124 Å².